The minimum absolute atomic E-state index is 0.298. The average molecular weight is 412 g/mol. The van der Waals surface area contributed by atoms with Crippen molar-refractivity contribution >= 4 is 17.8 Å². The van der Waals surface area contributed by atoms with Crippen LogP contribution in [-0.2, 0) is 9.98 Å². The summed E-state index contributed by atoms with van der Waals surface area (Å²) in [5.74, 6) is -0.298. The first-order valence-corrected chi connectivity index (χ1v) is 11.9. The number of hydrogen-bond donors (Lipinski definition) is 0. The van der Waals surface area contributed by atoms with Crippen LogP contribution in [-0.4, -0.2) is 6.66 Å². The second kappa shape index (κ2) is 7.92. The molecule has 0 bridgehead atoms. The van der Waals surface area contributed by atoms with Gasteiger partial charge in [-0.15, -0.1) is 5.73 Å². The Labute approximate surface area is 177 Å². The van der Waals surface area contributed by atoms with E-state index in [0.29, 0.717) is 0 Å². The first-order chi connectivity index (χ1) is 14.5. The molecule has 0 radical (unpaired) electrons. The van der Waals surface area contributed by atoms with Crippen molar-refractivity contribution in [1.82, 2.24) is 0 Å². The minimum Gasteiger partial charge on any atom is -0.314 e. The molecule has 0 atom stereocenters. The third kappa shape index (κ3) is 3.57. The van der Waals surface area contributed by atoms with Gasteiger partial charge in [0.05, 0.1) is 5.41 Å². The van der Waals surface area contributed by atoms with Crippen LogP contribution in [0, 0.1) is 5.82 Å². The van der Waals surface area contributed by atoms with Crippen LogP contribution in [0.5, 0.6) is 0 Å². The predicted molar refractivity (Wildman–Crippen MR) is 124 cm³/mol. The molecular formula is C27H22FOP. The normalized spacial score (nSPS) is 23.1. The van der Waals surface area contributed by atoms with E-state index < -0.39 is 12.6 Å². The highest BCUT2D eigenvalue weighted by atomic mass is 31.2. The molecule has 3 aromatic rings. The van der Waals surface area contributed by atoms with Gasteiger partial charge in [0.2, 0.25) is 0 Å². The van der Waals surface area contributed by atoms with E-state index in [1.54, 1.807) is 12.1 Å². The summed E-state index contributed by atoms with van der Waals surface area (Å²) in [5.41, 5.74) is 4.86. The molecule has 0 fully saturated rings. The fraction of sp³-hybridized carbons (Fsp3) is 0.0741. The fourth-order valence-electron chi connectivity index (χ4n) is 3.99. The topological polar surface area (TPSA) is 17.1 Å². The van der Waals surface area contributed by atoms with Crippen LogP contribution in [0.25, 0.3) is 10.6 Å². The lowest BCUT2D eigenvalue weighted by molar-refractivity contribution is 0.590. The molecule has 148 valence electrons. The quantitative estimate of drug-likeness (QED) is 0.320. The summed E-state index contributed by atoms with van der Waals surface area (Å²) in [6.45, 7) is 5.61. The van der Waals surface area contributed by atoms with E-state index >= 15 is 0 Å². The molecule has 1 aliphatic rings. The van der Waals surface area contributed by atoms with Crippen molar-refractivity contribution in [2.45, 2.75) is 5.41 Å². The van der Waals surface area contributed by atoms with Gasteiger partial charge in [-0.3, -0.25) is 0 Å². The summed E-state index contributed by atoms with van der Waals surface area (Å²) >= 11 is 0. The van der Waals surface area contributed by atoms with Crippen LogP contribution in [0.3, 0.4) is 0 Å². The molecule has 1 heterocycles. The van der Waals surface area contributed by atoms with Crippen molar-refractivity contribution < 1.29 is 8.96 Å². The van der Waals surface area contributed by atoms with E-state index in [1.807, 2.05) is 85.6 Å². The highest BCUT2D eigenvalue weighted by Crippen LogP contribution is 2.69. The van der Waals surface area contributed by atoms with Crippen LogP contribution >= 0.6 is 7.14 Å². The molecule has 1 nitrogen and oxygen atoms in total. The maximum Gasteiger partial charge on any atom is 0.141 e. The van der Waals surface area contributed by atoms with Crippen molar-refractivity contribution in [3.8, 4) is 0 Å². The highest BCUT2D eigenvalue weighted by Gasteiger charge is 2.39. The first kappa shape index (κ1) is 20.1. The second-order valence-electron chi connectivity index (χ2n) is 7.50. The summed E-state index contributed by atoms with van der Waals surface area (Å²) in [5, 5.41) is 1.56. The third-order valence-electron chi connectivity index (χ3n) is 5.49. The zero-order chi connectivity index (χ0) is 21.2. The van der Waals surface area contributed by atoms with Gasteiger partial charge >= 0.3 is 0 Å². The molecule has 4 rings (SSSR count). The van der Waals surface area contributed by atoms with E-state index in [2.05, 4.69) is 12.3 Å². The van der Waals surface area contributed by atoms with Crippen molar-refractivity contribution in [2.75, 3.05) is 6.66 Å². The van der Waals surface area contributed by atoms with Crippen molar-refractivity contribution in [1.29, 1.82) is 0 Å². The summed E-state index contributed by atoms with van der Waals surface area (Å²) in [6.07, 6.45) is 5.88. The summed E-state index contributed by atoms with van der Waals surface area (Å²) in [6, 6.07) is 26.0. The van der Waals surface area contributed by atoms with E-state index in [9.17, 15) is 8.96 Å². The molecule has 0 saturated heterocycles. The maximum absolute atomic E-state index is 14.2. The molecule has 3 heteroatoms. The van der Waals surface area contributed by atoms with E-state index in [1.165, 1.54) is 12.1 Å². The van der Waals surface area contributed by atoms with E-state index in [0.717, 1.165) is 27.3 Å². The lowest BCUT2D eigenvalue weighted by Gasteiger charge is -2.35. The highest BCUT2D eigenvalue weighted by molar-refractivity contribution is 7.83. The Kier molecular flexibility index (Phi) is 5.31. The summed E-state index contributed by atoms with van der Waals surface area (Å²) in [7, 11) is -2.90. The van der Waals surface area contributed by atoms with Gasteiger partial charge in [-0.25, -0.2) is 4.39 Å². The van der Waals surface area contributed by atoms with E-state index in [4.69, 9.17) is 0 Å². The van der Waals surface area contributed by atoms with Crippen LogP contribution in [0.15, 0.2) is 115 Å². The number of benzene rings is 3. The molecule has 0 saturated carbocycles. The van der Waals surface area contributed by atoms with Gasteiger partial charge < -0.3 is 4.57 Å². The Hall–Kier alpha value is -3.18. The molecule has 0 unspecified atom stereocenters. The summed E-state index contributed by atoms with van der Waals surface area (Å²) in [4.78, 5) is 0. The standard InChI is InChI=1S/C27H22FOP/c1-3-18-27(23-14-16-24(28)17-15-23)19-25(21-10-6-4-7-11-21)30(2,29)26(20-27)22-12-8-5-9-13-22/h4-20H,1H2,2H3. The fourth-order valence-corrected chi connectivity index (χ4v) is 6.45. The molecule has 0 aromatic heterocycles. The Morgan fingerprint density at radius 1 is 0.833 bits per heavy atom. The monoisotopic (exact) mass is 412 g/mol. The number of hydrogen-bond acceptors (Lipinski definition) is 1. The third-order valence-corrected chi connectivity index (χ3v) is 8.11. The molecule has 1 aliphatic heterocycles. The predicted octanol–water partition coefficient (Wildman–Crippen LogP) is 7.49. The van der Waals surface area contributed by atoms with Crippen molar-refractivity contribution in [2.24, 2.45) is 0 Å². The van der Waals surface area contributed by atoms with Crippen LogP contribution in [0.2, 0.25) is 0 Å². The minimum atomic E-state index is -2.90. The van der Waals surface area contributed by atoms with Gasteiger partial charge in [-0.2, -0.15) is 0 Å². The van der Waals surface area contributed by atoms with Crippen LogP contribution in [0.1, 0.15) is 16.7 Å². The smallest absolute Gasteiger partial charge is 0.141 e. The zero-order valence-corrected chi connectivity index (χ0v) is 17.6. The molecular weight excluding hydrogens is 390 g/mol. The molecule has 0 spiro atoms. The van der Waals surface area contributed by atoms with Gasteiger partial charge in [-0.1, -0.05) is 91.5 Å². The van der Waals surface area contributed by atoms with Gasteiger partial charge in [-0.05, 0) is 41.6 Å². The van der Waals surface area contributed by atoms with Gasteiger partial charge in [0, 0.05) is 10.6 Å². The van der Waals surface area contributed by atoms with E-state index in [-0.39, 0.29) is 5.82 Å². The molecule has 30 heavy (non-hydrogen) atoms. The second-order valence-corrected chi connectivity index (χ2v) is 10.3. The van der Waals surface area contributed by atoms with Gasteiger partial charge in [0.1, 0.15) is 13.0 Å². The SMILES string of the molecule is C=C=CC1(c2ccc(F)cc2)C=C(c2ccccc2)P(C)(=O)C(c2ccccc2)=C1. The Morgan fingerprint density at radius 3 is 1.73 bits per heavy atom. The number of allylic oxidation sites excluding steroid dienone is 3. The van der Waals surface area contributed by atoms with Gasteiger partial charge in [0.25, 0.3) is 0 Å². The van der Waals surface area contributed by atoms with Gasteiger partial charge in [0.15, 0.2) is 0 Å². The lowest BCUT2D eigenvalue weighted by atomic mass is 9.78. The van der Waals surface area contributed by atoms with Crippen LogP contribution in [0.4, 0.5) is 4.39 Å². The molecule has 0 N–H and O–H groups in total. The number of halogens is 1. The number of rotatable bonds is 4. The van der Waals surface area contributed by atoms with Crippen molar-refractivity contribution in [3.63, 3.8) is 0 Å². The summed E-state index contributed by atoms with van der Waals surface area (Å²) < 4.78 is 27.9. The van der Waals surface area contributed by atoms with Crippen molar-refractivity contribution in [3.05, 3.63) is 138 Å². The Balaban J connectivity index is 2.06. The lowest BCUT2D eigenvalue weighted by Crippen LogP contribution is -2.22. The average Bonchev–Trinajstić information content (AvgIpc) is 2.76. The Morgan fingerprint density at radius 2 is 1.30 bits per heavy atom. The van der Waals surface area contributed by atoms with Crippen LogP contribution < -0.4 is 0 Å². The molecule has 0 amide bonds. The molecule has 3 aromatic carbocycles. The maximum atomic E-state index is 14.2. The zero-order valence-electron chi connectivity index (χ0n) is 16.8. The first-order valence-electron chi connectivity index (χ1n) is 9.74. The Bertz CT molecular complexity index is 1150. The largest absolute Gasteiger partial charge is 0.314 e. The molecule has 0 aliphatic carbocycles.